The third-order valence-corrected chi connectivity index (χ3v) is 4.19. The first-order valence-corrected chi connectivity index (χ1v) is 7.36. The number of hydrogen-bond donors (Lipinski definition) is 2. The highest BCUT2D eigenvalue weighted by Gasteiger charge is 2.31. The number of amides is 1. The van der Waals surface area contributed by atoms with E-state index in [1.54, 1.807) is 0 Å². The molecule has 0 aliphatic heterocycles. The molecule has 0 radical (unpaired) electrons. The molecule has 1 aromatic carbocycles. The predicted molar refractivity (Wildman–Crippen MR) is 75.9 cm³/mol. The van der Waals surface area contributed by atoms with Gasteiger partial charge in [-0.15, -0.1) is 0 Å². The van der Waals surface area contributed by atoms with Crippen LogP contribution in [0.1, 0.15) is 37.2 Å². The molecule has 2 aliphatic rings. The average molecular weight is 258 g/mol. The zero-order chi connectivity index (χ0) is 13.1. The van der Waals surface area contributed by atoms with E-state index in [1.165, 1.54) is 18.4 Å². The Labute approximate surface area is 114 Å². The fourth-order valence-electron chi connectivity index (χ4n) is 2.72. The van der Waals surface area contributed by atoms with Crippen LogP contribution in [0, 0.1) is 5.92 Å². The summed E-state index contributed by atoms with van der Waals surface area (Å²) in [4.78, 5) is 11.7. The Morgan fingerprint density at radius 3 is 2.58 bits per heavy atom. The lowest BCUT2D eigenvalue weighted by Gasteiger charge is -2.36. The van der Waals surface area contributed by atoms with Gasteiger partial charge in [0.2, 0.25) is 5.91 Å². The molecule has 2 saturated carbocycles. The van der Waals surface area contributed by atoms with E-state index in [4.69, 9.17) is 0 Å². The fourth-order valence-corrected chi connectivity index (χ4v) is 2.72. The summed E-state index contributed by atoms with van der Waals surface area (Å²) in [5, 5.41) is 6.34. The van der Waals surface area contributed by atoms with Crippen molar-refractivity contribution in [3.05, 3.63) is 35.9 Å². The van der Waals surface area contributed by atoms with E-state index in [2.05, 4.69) is 34.9 Å². The number of rotatable bonds is 6. The van der Waals surface area contributed by atoms with Crippen LogP contribution in [0.15, 0.2) is 30.3 Å². The van der Waals surface area contributed by atoms with Gasteiger partial charge < -0.3 is 10.6 Å². The molecular formula is C16H22N2O. The van der Waals surface area contributed by atoms with E-state index in [0.29, 0.717) is 18.5 Å². The van der Waals surface area contributed by atoms with Gasteiger partial charge in [-0.2, -0.15) is 0 Å². The summed E-state index contributed by atoms with van der Waals surface area (Å²) in [7, 11) is 0. The van der Waals surface area contributed by atoms with Crippen molar-refractivity contribution in [3.63, 3.8) is 0 Å². The lowest BCUT2D eigenvalue weighted by molar-refractivity contribution is -0.121. The minimum absolute atomic E-state index is 0.150. The summed E-state index contributed by atoms with van der Waals surface area (Å²) in [6, 6.07) is 11.0. The molecule has 0 bridgehead atoms. The van der Waals surface area contributed by atoms with E-state index in [-0.39, 0.29) is 5.91 Å². The van der Waals surface area contributed by atoms with E-state index >= 15 is 0 Å². The highest BCUT2D eigenvalue weighted by Crippen LogP contribution is 2.36. The molecule has 102 valence electrons. The van der Waals surface area contributed by atoms with Crippen molar-refractivity contribution in [2.75, 3.05) is 13.1 Å². The van der Waals surface area contributed by atoms with Crippen LogP contribution in [-0.4, -0.2) is 25.0 Å². The second-order valence-electron chi connectivity index (χ2n) is 5.92. The third kappa shape index (κ3) is 3.57. The van der Waals surface area contributed by atoms with Crippen LogP contribution in [0.5, 0.6) is 0 Å². The van der Waals surface area contributed by atoms with Gasteiger partial charge in [-0.3, -0.25) is 4.79 Å². The zero-order valence-electron chi connectivity index (χ0n) is 11.3. The van der Waals surface area contributed by atoms with Gasteiger partial charge in [0.25, 0.3) is 0 Å². The molecule has 2 N–H and O–H groups in total. The van der Waals surface area contributed by atoms with Gasteiger partial charge >= 0.3 is 0 Å². The number of carbonyl (C=O) groups is 1. The molecule has 2 fully saturated rings. The van der Waals surface area contributed by atoms with Crippen LogP contribution in [0.2, 0.25) is 0 Å². The number of benzene rings is 1. The molecular weight excluding hydrogens is 236 g/mol. The van der Waals surface area contributed by atoms with Crippen LogP contribution in [-0.2, 0) is 4.79 Å². The van der Waals surface area contributed by atoms with Crippen LogP contribution in [0.25, 0.3) is 0 Å². The van der Waals surface area contributed by atoms with Crippen LogP contribution < -0.4 is 10.6 Å². The van der Waals surface area contributed by atoms with Crippen molar-refractivity contribution >= 4 is 5.91 Å². The molecule has 0 aromatic heterocycles. The summed E-state index contributed by atoms with van der Waals surface area (Å²) in [6.45, 7) is 1.48. The topological polar surface area (TPSA) is 41.1 Å². The van der Waals surface area contributed by atoms with Crippen LogP contribution in [0.3, 0.4) is 0 Å². The number of nitrogens with one attached hydrogen (secondary N) is 2. The molecule has 3 heteroatoms. The van der Waals surface area contributed by atoms with Gasteiger partial charge in [0.1, 0.15) is 0 Å². The Morgan fingerprint density at radius 1 is 1.16 bits per heavy atom. The van der Waals surface area contributed by atoms with Gasteiger partial charge in [-0.1, -0.05) is 30.3 Å². The maximum Gasteiger partial charge on any atom is 0.234 e. The molecule has 0 unspecified atom stereocenters. The molecule has 0 heterocycles. The lowest BCUT2D eigenvalue weighted by atomic mass is 9.76. The predicted octanol–water partition coefficient (Wildman–Crippen LogP) is 2.05. The maximum absolute atomic E-state index is 11.7. The Bertz CT molecular complexity index is 422. The Morgan fingerprint density at radius 2 is 1.89 bits per heavy atom. The van der Waals surface area contributed by atoms with E-state index in [0.717, 1.165) is 25.3 Å². The quantitative estimate of drug-likeness (QED) is 0.820. The average Bonchev–Trinajstić information content (AvgIpc) is 3.18. The van der Waals surface area contributed by atoms with Gasteiger partial charge in [0.05, 0.1) is 6.54 Å². The van der Waals surface area contributed by atoms with Crippen molar-refractivity contribution in [1.82, 2.24) is 10.6 Å². The summed E-state index contributed by atoms with van der Waals surface area (Å²) >= 11 is 0. The largest absolute Gasteiger partial charge is 0.352 e. The third-order valence-electron chi connectivity index (χ3n) is 4.19. The Hall–Kier alpha value is -1.35. The van der Waals surface area contributed by atoms with Crippen molar-refractivity contribution in [2.24, 2.45) is 5.92 Å². The van der Waals surface area contributed by atoms with Gasteiger partial charge in [0.15, 0.2) is 0 Å². The molecule has 0 saturated heterocycles. The highest BCUT2D eigenvalue weighted by atomic mass is 16.2. The second kappa shape index (κ2) is 5.74. The normalized spacial score (nSPS) is 25.7. The van der Waals surface area contributed by atoms with E-state index in [9.17, 15) is 4.79 Å². The number of carbonyl (C=O) groups excluding carboxylic acids is 1. The molecule has 0 spiro atoms. The zero-order valence-corrected chi connectivity index (χ0v) is 11.3. The smallest absolute Gasteiger partial charge is 0.234 e. The van der Waals surface area contributed by atoms with Crippen LogP contribution >= 0.6 is 0 Å². The SMILES string of the molecule is O=C(CNCC1CC1)NC1CC(c2ccccc2)C1. The molecule has 1 amide bonds. The Balaban J connectivity index is 1.33. The van der Waals surface area contributed by atoms with E-state index < -0.39 is 0 Å². The van der Waals surface area contributed by atoms with Gasteiger partial charge in [-0.25, -0.2) is 0 Å². The van der Waals surface area contributed by atoms with Gasteiger partial charge in [-0.05, 0) is 49.6 Å². The fraction of sp³-hybridized carbons (Fsp3) is 0.562. The minimum Gasteiger partial charge on any atom is -0.352 e. The second-order valence-corrected chi connectivity index (χ2v) is 5.92. The first kappa shape index (κ1) is 12.7. The highest BCUT2D eigenvalue weighted by molar-refractivity contribution is 5.78. The summed E-state index contributed by atoms with van der Waals surface area (Å²) < 4.78 is 0. The first-order chi connectivity index (χ1) is 9.31. The van der Waals surface area contributed by atoms with Crippen molar-refractivity contribution < 1.29 is 4.79 Å². The summed E-state index contributed by atoms with van der Waals surface area (Å²) in [6.07, 6.45) is 4.82. The maximum atomic E-state index is 11.7. The first-order valence-electron chi connectivity index (χ1n) is 7.36. The molecule has 3 rings (SSSR count). The monoisotopic (exact) mass is 258 g/mol. The number of hydrogen-bond acceptors (Lipinski definition) is 2. The van der Waals surface area contributed by atoms with Crippen LogP contribution in [0.4, 0.5) is 0 Å². The van der Waals surface area contributed by atoms with Gasteiger partial charge in [0, 0.05) is 6.04 Å². The molecule has 19 heavy (non-hydrogen) atoms. The van der Waals surface area contributed by atoms with E-state index in [1.807, 2.05) is 6.07 Å². The molecule has 3 nitrogen and oxygen atoms in total. The molecule has 2 aliphatic carbocycles. The Kier molecular flexibility index (Phi) is 3.83. The molecule has 1 aromatic rings. The van der Waals surface area contributed by atoms with Crippen molar-refractivity contribution in [3.8, 4) is 0 Å². The molecule has 0 atom stereocenters. The van der Waals surface area contributed by atoms with Crippen molar-refractivity contribution in [1.29, 1.82) is 0 Å². The lowest BCUT2D eigenvalue weighted by Crippen LogP contribution is -2.46. The minimum atomic E-state index is 0.150. The summed E-state index contributed by atoms with van der Waals surface area (Å²) in [5.41, 5.74) is 1.40. The van der Waals surface area contributed by atoms with Crippen molar-refractivity contribution in [2.45, 2.75) is 37.6 Å². The summed E-state index contributed by atoms with van der Waals surface area (Å²) in [5.74, 6) is 1.61. The standard InChI is InChI=1S/C16H22N2O/c19-16(11-17-10-12-6-7-12)18-15-8-14(9-15)13-4-2-1-3-5-13/h1-5,12,14-15,17H,6-11H2,(H,18,19).